The molecular formula is C20H21F3N3O4+. The summed E-state index contributed by atoms with van der Waals surface area (Å²) in [4.78, 5) is 16.4. The number of hydrogen-bond acceptors (Lipinski definition) is 5. The van der Waals surface area contributed by atoms with Crippen LogP contribution in [0.1, 0.15) is 11.3 Å². The SMILES string of the molecule is O=C(Nc1cccc(C(F)(F)F)c1)O[C@@H]1CO[C@H]2[C@@H]1OC[C@@H]2[NH2+]Cc1ccccn1. The molecule has 1 aromatic carbocycles. The molecule has 0 aliphatic carbocycles. The molecule has 160 valence electrons. The highest BCUT2D eigenvalue weighted by atomic mass is 19.4. The van der Waals surface area contributed by atoms with Gasteiger partial charge in [0.2, 0.25) is 0 Å². The second-order valence-corrected chi connectivity index (χ2v) is 7.17. The minimum Gasteiger partial charge on any atom is -0.441 e. The highest BCUT2D eigenvalue weighted by Crippen LogP contribution is 2.31. The summed E-state index contributed by atoms with van der Waals surface area (Å²) in [6.45, 7) is 1.28. The van der Waals surface area contributed by atoms with Crippen molar-refractivity contribution >= 4 is 11.8 Å². The number of pyridine rings is 1. The average Bonchev–Trinajstić information content (AvgIpc) is 3.30. The Kier molecular flexibility index (Phi) is 5.89. The molecule has 1 aromatic heterocycles. The van der Waals surface area contributed by atoms with Crippen LogP contribution in [-0.2, 0) is 26.9 Å². The quantitative estimate of drug-likeness (QED) is 0.766. The lowest BCUT2D eigenvalue weighted by Gasteiger charge is -2.17. The van der Waals surface area contributed by atoms with E-state index >= 15 is 0 Å². The number of quaternary nitrogens is 1. The number of rotatable bonds is 5. The number of nitrogens with zero attached hydrogens (tertiary/aromatic N) is 1. The van der Waals surface area contributed by atoms with Crippen molar-refractivity contribution in [2.75, 3.05) is 18.5 Å². The molecule has 2 saturated heterocycles. The first kappa shape index (κ1) is 20.6. The van der Waals surface area contributed by atoms with Gasteiger partial charge in [0.05, 0.1) is 17.9 Å². The van der Waals surface area contributed by atoms with Gasteiger partial charge in [-0.05, 0) is 30.3 Å². The van der Waals surface area contributed by atoms with Crippen molar-refractivity contribution in [1.29, 1.82) is 0 Å². The molecular weight excluding hydrogens is 403 g/mol. The zero-order chi connectivity index (χ0) is 21.1. The lowest BCUT2D eigenvalue weighted by molar-refractivity contribution is -0.708. The first-order valence-corrected chi connectivity index (χ1v) is 9.51. The Labute approximate surface area is 170 Å². The Bertz CT molecular complexity index is 881. The van der Waals surface area contributed by atoms with E-state index in [0.717, 1.165) is 17.8 Å². The Morgan fingerprint density at radius 2 is 2.00 bits per heavy atom. The van der Waals surface area contributed by atoms with Gasteiger partial charge < -0.3 is 19.5 Å². The minimum absolute atomic E-state index is 0.000739. The van der Waals surface area contributed by atoms with Gasteiger partial charge in [-0.2, -0.15) is 13.2 Å². The number of anilines is 1. The van der Waals surface area contributed by atoms with Crippen LogP contribution in [0.25, 0.3) is 0 Å². The molecule has 7 nitrogen and oxygen atoms in total. The minimum atomic E-state index is -4.49. The average molecular weight is 424 g/mol. The van der Waals surface area contributed by atoms with Crippen LogP contribution in [0.3, 0.4) is 0 Å². The molecule has 2 aliphatic heterocycles. The van der Waals surface area contributed by atoms with Crippen molar-refractivity contribution in [3.63, 3.8) is 0 Å². The first-order valence-electron chi connectivity index (χ1n) is 9.51. The summed E-state index contributed by atoms with van der Waals surface area (Å²) in [5.41, 5.74) is 0.0846. The number of ether oxygens (including phenoxy) is 3. The van der Waals surface area contributed by atoms with Gasteiger partial charge in [0.1, 0.15) is 31.4 Å². The van der Waals surface area contributed by atoms with Crippen molar-refractivity contribution < 1.29 is 37.5 Å². The molecule has 4 rings (SSSR count). The smallest absolute Gasteiger partial charge is 0.416 e. The molecule has 0 bridgehead atoms. The lowest BCUT2D eigenvalue weighted by Crippen LogP contribution is -2.91. The number of halogens is 3. The third kappa shape index (κ3) is 4.72. The van der Waals surface area contributed by atoms with Crippen LogP contribution in [0.15, 0.2) is 48.7 Å². The number of carbonyl (C=O) groups excluding carboxylic acids is 1. The number of hydrogen-bond donors (Lipinski definition) is 2. The number of alkyl halides is 3. The monoisotopic (exact) mass is 424 g/mol. The van der Waals surface area contributed by atoms with E-state index in [2.05, 4.69) is 15.6 Å². The summed E-state index contributed by atoms with van der Waals surface area (Å²) < 4.78 is 55.3. The summed E-state index contributed by atoms with van der Waals surface area (Å²) >= 11 is 0. The van der Waals surface area contributed by atoms with Crippen molar-refractivity contribution in [3.05, 3.63) is 59.9 Å². The Morgan fingerprint density at radius 1 is 1.17 bits per heavy atom. The number of carbonyl (C=O) groups is 1. The summed E-state index contributed by atoms with van der Waals surface area (Å²) in [5.74, 6) is 0. The second-order valence-electron chi connectivity index (χ2n) is 7.17. The van der Waals surface area contributed by atoms with Gasteiger partial charge in [0, 0.05) is 11.9 Å². The molecule has 0 spiro atoms. The van der Waals surface area contributed by atoms with Gasteiger partial charge in [0.15, 0.2) is 6.10 Å². The second kappa shape index (κ2) is 8.58. The van der Waals surface area contributed by atoms with Crippen LogP contribution in [0.5, 0.6) is 0 Å². The fourth-order valence-electron chi connectivity index (χ4n) is 3.65. The summed E-state index contributed by atoms with van der Waals surface area (Å²) in [7, 11) is 0. The van der Waals surface area contributed by atoms with Crippen LogP contribution < -0.4 is 10.6 Å². The van der Waals surface area contributed by atoms with Crippen molar-refractivity contribution in [2.24, 2.45) is 0 Å². The lowest BCUT2D eigenvalue weighted by atomic mass is 10.1. The van der Waals surface area contributed by atoms with E-state index in [9.17, 15) is 18.0 Å². The molecule has 30 heavy (non-hydrogen) atoms. The first-order chi connectivity index (χ1) is 14.4. The fraction of sp³-hybridized carbons (Fsp3) is 0.400. The van der Waals surface area contributed by atoms with Crippen molar-refractivity contribution in [3.8, 4) is 0 Å². The molecule has 1 amide bonds. The molecule has 10 heteroatoms. The molecule has 4 atom stereocenters. The number of nitrogens with two attached hydrogens (primary N) is 1. The van der Waals surface area contributed by atoms with E-state index in [1.54, 1.807) is 6.20 Å². The topological polar surface area (TPSA) is 86.3 Å². The summed E-state index contributed by atoms with van der Waals surface area (Å²) in [6.07, 6.45) is -4.90. The zero-order valence-electron chi connectivity index (χ0n) is 15.8. The Balaban J connectivity index is 1.30. The van der Waals surface area contributed by atoms with Gasteiger partial charge in [-0.25, -0.2) is 4.79 Å². The number of benzene rings is 1. The molecule has 2 fully saturated rings. The third-order valence-corrected chi connectivity index (χ3v) is 5.10. The standard InChI is InChI=1S/C20H20F3N3O4/c21-20(22,23)12-4-3-6-13(8-12)26-19(27)30-16-11-29-17-15(10-28-18(16)17)25-9-14-5-1-2-7-24-14/h1-8,15-18,25H,9-11H2,(H,26,27)/p+1/t15-,16+,17+,18+/m0/s1. The fourth-order valence-corrected chi connectivity index (χ4v) is 3.65. The molecule has 2 aromatic rings. The Hall–Kier alpha value is -2.69. The van der Waals surface area contributed by atoms with E-state index in [-0.39, 0.29) is 24.4 Å². The van der Waals surface area contributed by atoms with Gasteiger partial charge in [-0.3, -0.25) is 10.3 Å². The van der Waals surface area contributed by atoms with Gasteiger partial charge in [-0.1, -0.05) is 12.1 Å². The van der Waals surface area contributed by atoms with E-state index in [1.165, 1.54) is 12.1 Å². The van der Waals surface area contributed by atoms with Crippen molar-refractivity contribution in [2.45, 2.75) is 37.1 Å². The highest BCUT2D eigenvalue weighted by molar-refractivity contribution is 5.84. The predicted octanol–water partition coefficient (Wildman–Crippen LogP) is 1.95. The molecule has 3 heterocycles. The van der Waals surface area contributed by atoms with Crippen LogP contribution in [0, 0.1) is 0 Å². The molecule has 0 saturated carbocycles. The molecule has 2 aliphatic rings. The maximum Gasteiger partial charge on any atom is 0.416 e. The zero-order valence-corrected chi connectivity index (χ0v) is 15.8. The number of amides is 1. The normalized spacial score (nSPS) is 25.7. The van der Waals surface area contributed by atoms with Crippen LogP contribution >= 0.6 is 0 Å². The highest BCUT2D eigenvalue weighted by Gasteiger charge is 2.51. The van der Waals surface area contributed by atoms with E-state index < -0.39 is 30.0 Å². The predicted molar refractivity (Wildman–Crippen MR) is 98.5 cm³/mol. The molecule has 0 unspecified atom stereocenters. The van der Waals surface area contributed by atoms with E-state index in [4.69, 9.17) is 14.2 Å². The van der Waals surface area contributed by atoms with Gasteiger partial charge in [0.25, 0.3) is 0 Å². The number of nitrogens with one attached hydrogen (secondary N) is 1. The Morgan fingerprint density at radius 3 is 2.77 bits per heavy atom. The van der Waals surface area contributed by atoms with Crippen LogP contribution in [0.2, 0.25) is 0 Å². The van der Waals surface area contributed by atoms with E-state index in [1.807, 2.05) is 18.2 Å². The summed E-state index contributed by atoms with van der Waals surface area (Å²) in [6, 6.07) is 10.1. The van der Waals surface area contributed by atoms with Crippen molar-refractivity contribution in [1.82, 2.24) is 4.98 Å². The van der Waals surface area contributed by atoms with Gasteiger partial charge in [-0.15, -0.1) is 0 Å². The van der Waals surface area contributed by atoms with Gasteiger partial charge >= 0.3 is 12.3 Å². The molecule has 0 radical (unpaired) electrons. The maximum absolute atomic E-state index is 12.8. The maximum atomic E-state index is 12.8. The largest absolute Gasteiger partial charge is 0.441 e. The van der Waals surface area contributed by atoms with Crippen LogP contribution in [0.4, 0.5) is 23.7 Å². The summed E-state index contributed by atoms with van der Waals surface area (Å²) in [5, 5.41) is 4.41. The number of fused-ring (bicyclic) bond motifs is 1. The third-order valence-electron chi connectivity index (χ3n) is 5.10. The van der Waals surface area contributed by atoms with E-state index in [0.29, 0.717) is 13.2 Å². The molecule has 3 N–H and O–H groups in total. The van der Waals surface area contributed by atoms with Crippen LogP contribution in [-0.4, -0.2) is 48.6 Å². The number of aromatic nitrogens is 1.